The molecule has 0 saturated heterocycles. The molecule has 12 heteroatoms. The molecule has 224 valence electrons. The minimum Gasteiger partial charge on any atom is -0.493 e. The first-order valence-corrected chi connectivity index (χ1v) is 15.9. The molecule has 0 aliphatic rings. The molecule has 0 heterocycles. The van der Waals surface area contributed by atoms with Crippen LogP contribution in [0.15, 0.2) is 93.3 Å². The maximum absolute atomic E-state index is 13.5. The van der Waals surface area contributed by atoms with Gasteiger partial charge in [0.1, 0.15) is 13.2 Å². The molecule has 1 N–H and O–H groups in total. The van der Waals surface area contributed by atoms with Gasteiger partial charge in [0.2, 0.25) is 0 Å². The number of hydrogen-bond donors (Lipinski definition) is 1. The molecule has 0 fully saturated rings. The predicted octanol–water partition coefficient (Wildman–Crippen LogP) is 7.31. The third-order valence-corrected chi connectivity index (χ3v) is 9.53. The van der Waals surface area contributed by atoms with Crippen LogP contribution < -0.4 is 19.2 Å². The molecule has 8 nitrogen and oxygen atoms in total. The second-order valence-electron chi connectivity index (χ2n) is 9.46. The average molecular weight is 705 g/mol. The number of nitrogens with one attached hydrogen (secondary N) is 1. The van der Waals surface area contributed by atoms with E-state index in [2.05, 4.69) is 26.5 Å². The van der Waals surface area contributed by atoms with E-state index in [0.717, 1.165) is 21.0 Å². The van der Waals surface area contributed by atoms with Gasteiger partial charge in [-0.1, -0.05) is 53.5 Å². The second kappa shape index (κ2) is 14.3. The van der Waals surface area contributed by atoms with Crippen LogP contribution in [-0.4, -0.2) is 34.2 Å². The molecule has 0 aromatic heterocycles. The van der Waals surface area contributed by atoms with Gasteiger partial charge in [0.15, 0.2) is 11.5 Å². The summed E-state index contributed by atoms with van der Waals surface area (Å²) in [6.07, 6.45) is 1.42. The van der Waals surface area contributed by atoms with Crippen molar-refractivity contribution >= 4 is 67.0 Å². The fraction of sp³-hybridized carbons (Fsp3) is 0.161. The lowest BCUT2D eigenvalue weighted by Gasteiger charge is -2.24. The van der Waals surface area contributed by atoms with Crippen LogP contribution in [0.2, 0.25) is 10.0 Å². The SMILES string of the molecule is COc1cc(/C=N\NC(=O)CN(c2ccc(C)c(C)c2)S(=O)(=O)c2ccccc2)cc(Br)c1OCc1ccc(Cl)c(Cl)c1. The molecule has 0 radical (unpaired) electrons. The standard InChI is InChI=1S/C31H28BrCl2N3O5S/c1-20-9-11-24(13-21(20)2)37(43(39,40)25-7-5-4-6-8-25)18-30(38)36-35-17-23-14-26(32)31(29(16-23)41-3)42-19-22-10-12-27(33)28(34)15-22/h4-17H,18-19H2,1-3H3,(H,36,38)/b35-17-. The maximum atomic E-state index is 13.5. The fourth-order valence-corrected chi connectivity index (χ4v) is 6.33. The van der Waals surface area contributed by atoms with Crippen molar-refractivity contribution < 1.29 is 22.7 Å². The molecule has 0 spiro atoms. The lowest BCUT2D eigenvalue weighted by Crippen LogP contribution is -2.39. The largest absolute Gasteiger partial charge is 0.493 e. The lowest BCUT2D eigenvalue weighted by atomic mass is 10.1. The van der Waals surface area contributed by atoms with Gasteiger partial charge in [-0.15, -0.1) is 0 Å². The molecule has 4 aromatic rings. The van der Waals surface area contributed by atoms with Gasteiger partial charge >= 0.3 is 0 Å². The zero-order valence-corrected chi connectivity index (χ0v) is 27.4. The van der Waals surface area contributed by atoms with Gasteiger partial charge in [0.25, 0.3) is 15.9 Å². The molecule has 4 rings (SSSR count). The number of aryl methyl sites for hydroxylation is 2. The van der Waals surface area contributed by atoms with Crippen LogP contribution in [-0.2, 0) is 21.4 Å². The number of amides is 1. The van der Waals surface area contributed by atoms with Crippen LogP contribution in [0.25, 0.3) is 0 Å². The summed E-state index contributed by atoms with van der Waals surface area (Å²) in [5, 5.41) is 4.92. The quantitative estimate of drug-likeness (QED) is 0.131. The normalized spacial score (nSPS) is 11.4. The lowest BCUT2D eigenvalue weighted by molar-refractivity contribution is -0.119. The first kappa shape index (κ1) is 32.3. The molecule has 0 bridgehead atoms. The molecular formula is C31H28BrCl2N3O5S. The van der Waals surface area contributed by atoms with Crippen molar-refractivity contribution in [3.05, 3.63) is 116 Å². The van der Waals surface area contributed by atoms with Gasteiger partial charge in [0, 0.05) is 0 Å². The Morgan fingerprint density at radius 1 is 0.977 bits per heavy atom. The maximum Gasteiger partial charge on any atom is 0.264 e. The molecule has 0 aliphatic heterocycles. The van der Waals surface area contributed by atoms with E-state index in [-0.39, 0.29) is 11.5 Å². The van der Waals surface area contributed by atoms with E-state index in [9.17, 15) is 13.2 Å². The van der Waals surface area contributed by atoms with E-state index < -0.39 is 22.5 Å². The minimum atomic E-state index is -4.04. The first-order chi connectivity index (χ1) is 20.5. The Bertz CT molecular complexity index is 1770. The van der Waals surface area contributed by atoms with E-state index in [4.69, 9.17) is 32.7 Å². The molecule has 4 aromatic carbocycles. The summed E-state index contributed by atoms with van der Waals surface area (Å²) in [6, 6.07) is 21.8. The van der Waals surface area contributed by atoms with Crippen molar-refractivity contribution in [3.63, 3.8) is 0 Å². The number of nitrogens with zero attached hydrogens (tertiary/aromatic N) is 2. The number of carbonyl (C=O) groups is 1. The summed E-state index contributed by atoms with van der Waals surface area (Å²) >= 11 is 15.6. The van der Waals surface area contributed by atoms with Crippen LogP contribution in [0.5, 0.6) is 11.5 Å². The van der Waals surface area contributed by atoms with Gasteiger partial charge < -0.3 is 9.47 Å². The van der Waals surface area contributed by atoms with Crippen LogP contribution >= 0.6 is 39.1 Å². The summed E-state index contributed by atoms with van der Waals surface area (Å²) in [5.41, 5.74) is 6.10. The van der Waals surface area contributed by atoms with Crippen LogP contribution in [0.3, 0.4) is 0 Å². The van der Waals surface area contributed by atoms with E-state index in [1.54, 1.807) is 54.6 Å². The zero-order valence-electron chi connectivity index (χ0n) is 23.5. The Balaban J connectivity index is 1.49. The van der Waals surface area contributed by atoms with Crippen LogP contribution in [0, 0.1) is 13.8 Å². The van der Waals surface area contributed by atoms with Crippen LogP contribution in [0.1, 0.15) is 22.3 Å². The Hall–Kier alpha value is -3.57. The van der Waals surface area contributed by atoms with Crippen molar-refractivity contribution in [1.82, 2.24) is 5.43 Å². The highest BCUT2D eigenvalue weighted by atomic mass is 79.9. The van der Waals surface area contributed by atoms with Gasteiger partial charge in [-0.2, -0.15) is 5.10 Å². The summed E-state index contributed by atoms with van der Waals surface area (Å²) in [6.45, 7) is 3.55. The van der Waals surface area contributed by atoms with Crippen molar-refractivity contribution in [2.45, 2.75) is 25.3 Å². The van der Waals surface area contributed by atoms with Crippen LogP contribution in [0.4, 0.5) is 5.69 Å². The van der Waals surface area contributed by atoms with Crippen molar-refractivity contribution in [1.29, 1.82) is 0 Å². The van der Waals surface area contributed by atoms with E-state index in [1.807, 2.05) is 26.0 Å². The van der Waals surface area contributed by atoms with Crippen molar-refractivity contribution in [3.8, 4) is 11.5 Å². The van der Waals surface area contributed by atoms with E-state index in [1.165, 1.54) is 25.5 Å². The third-order valence-electron chi connectivity index (χ3n) is 6.42. The molecule has 0 saturated carbocycles. The number of hydrogen-bond acceptors (Lipinski definition) is 6. The third kappa shape index (κ3) is 8.08. The van der Waals surface area contributed by atoms with Gasteiger partial charge in [-0.3, -0.25) is 9.10 Å². The highest BCUT2D eigenvalue weighted by Crippen LogP contribution is 2.37. The number of benzene rings is 4. The fourth-order valence-electron chi connectivity index (χ4n) is 4.00. The zero-order chi connectivity index (χ0) is 31.1. The summed E-state index contributed by atoms with van der Waals surface area (Å²) in [5.74, 6) is 0.267. The number of sulfonamides is 1. The van der Waals surface area contributed by atoms with Crippen molar-refractivity contribution in [2.75, 3.05) is 18.0 Å². The Morgan fingerprint density at radius 3 is 2.40 bits per heavy atom. The van der Waals surface area contributed by atoms with Gasteiger partial charge in [-0.05, 0) is 101 Å². The number of hydrazone groups is 1. The van der Waals surface area contributed by atoms with Gasteiger partial charge in [0.05, 0.1) is 38.4 Å². The Morgan fingerprint density at radius 2 is 1.72 bits per heavy atom. The Kier molecular flexibility index (Phi) is 10.7. The van der Waals surface area contributed by atoms with Crippen molar-refractivity contribution in [2.24, 2.45) is 5.10 Å². The van der Waals surface area contributed by atoms with E-state index in [0.29, 0.717) is 37.3 Å². The summed E-state index contributed by atoms with van der Waals surface area (Å²) in [4.78, 5) is 13.0. The number of rotatable bonds is 11. The summed E-state index contributed by atoms with van der Waals surface area (Å²) in [7, 11) is -2.53. The number of ether oxygens (including phenoxy) is 2. The Labute approximate surface area is 269 Å². The number of anilines is 1. The molecular weight excluding hydrogens is 677 g/mol. The monoisotopic (exact) mass is 703 g/mol. The molecule has 0 unspecified atom stereocenters. The molecule has 1 amide bonds. The molecule has 0 aliphatic carbocycles. The average Bonchev–Trinajstić information content (AvgIpc) is 2.98. The predicted molar refractivity (Wildman–Crippen MR) is 174 cm³/mol. The van der Waals surface area contributed by atoms with Gasteiger partial charge in [-0.25, -0.2) is 13.8 Å². The molecule has 43 heavy (non-hydrogen) atoms. The molecule has 0 atom stereocenters. The summed E-state index contributed by atoms with van der Waals surface area (Å²) < 4.78 is 40.2. The number of halogens is 3. The number of methoxy groups -OCH3 is 1. The van der Waals surface area contributed by atoms with E-state index >= 15 is 0 Å². The second-order valence-corrected chi connectivity index (χ2v) is 13.0. The first-order valence-electron chi connectivity index (χ1n) is 12.9. The number of carbonyl (C=O) groups excluding carboxylic acids is 1. The topological polar surface area (TPSA) is 97.3 Å². The highest BCUT2D eigenvalue weighted by Gasteiger charge is 2.27. The highest BCUT2D eigenvalue weighted by molar-refractivity contribution is 9.10. The smallest absolute Gasteiger partial charge is 0.264 e. The minimum absolute atomic E-state index is 0.0722.